The number of anilines is 1. The summed E-state index contributed by atoms with van der Waals surface area (Å²) in [6, 6.07) is 6.32. The van der Waals surface area contributed by atoms with Crippen molar-refractivity contribution in [3.8, 4) is 0 Å². The molecule has 1 heterocycles. The Morgan fingerprint density at radius 2 is 1.90 bits per heavy atom. The number of rotatable bonds is 9. The monoisotopic (exact) mass is 423 g/mol. The van der Waals surface area contributed by atoms with Crippen LogP contribution in [-0.4, -0.2) is 58.0 Å². The maximum absolute atomic E-state index is 12.6. The summed E-state index contributed by atoms with van der Waals surface area (Å²) < 4.78 is 31.9. The molecule has 1 saturated carbocycles. The number of carbonyl (C=O) groups excluding carboxylic acids is 2. The molecule has 8 nitrogen and oxygen atoms in total. The maximum atomic E-state index is 12.6. The van der Waals surface area contributed by atoms with Gasteiger partial charge in [-0.15, -0.1) is 0 Å². The zero-order valence-corrected chi connectivity index (χ0v) is 17.5. The Kier molecular flexibility index (Phi) is 7.26. The topological polar surface area (TPSA) is 105 Å². The summed E-state index contributed by atoms with van der Waals surface area (Å²) in [5.41, 5.74) is 0.514. The summed E-state index contributed by atoms with van der Waals surface area (Å²) in [7, 11) is -2.03. The molecule has 2 N–H and O–H groups in total. The zero-order valence-electron chi connectivity index (χ0n) is 16.7. The third-order valence-electron chi connectivity index (χ3n) is 5.54. The number of benzene rings is 1. The van der Waals surface area contributed by atoms with Crippen LogP contribution < -0.4 is 10.0 Å². The van der Waals surface area contributed by atoms with Gasteiger partial charge >= 0.3 is 0 Å². The fraction of sp³-hybridized carbons (Fsp3) is 0.600. The first-order chi connectivity index (χ1) is 13.9. The van der Waals surface area contributed by atoms with Crippen molar-refractivity contribution in [2.75, 3.05) is 32.1 Å². The summed E-state index contributed by atoms with van der Waals surface area (Å²) in [6.45, 7) is 1.24. The average Bonchev–Trinajstić information content (AvgIpc) is 3.35. The van der Waals surface area contributed by atoms with Crippen molar-refractivity contribution < 1.29 is 22.7 Å². The summed E-state index contributed by atoms with van der Waals surface area (Å²) in [6.07, 6.45) is 5.15. The molecule has 2 aliphatic rings. The summed E-state index contributed by atoms with van der Waals surface area (Å²) in [5.74, 6) is -0.515. The van der Waals surface area contributed by atoms with E-state index in [1.54, 1.807) is 19.2 Å². The van der Waals surface area contributed by atoms with Gasteiger partial charge in [0, 0.05) is 45.0 Å². The van der Waals surface area contributed by atoms with Crippen molar-refractivity contribution in [3.63, 3.8) is 0 Å². The minimum Gasteiger partial charge on any atom is -0.385 e. The van der Waals surface area contributed by atoms with Gasteiger partial charge in [-0.1, -0.05) is 12.8 Å². The molecule has 1 saturated heterocycles. The van der Waals surface area contributed by atoms with E-state index in [1.165, 1.54) is 12.1 Å². The summed E-state index contributed by atoms with van der Waals surface area (Å²) in [5, 5.41) is 2.80. The predicted octanol–water partition coefficient (Wildman–Crippen LogP) is 1.73. The highest BCUT2D eigenvalue weighted by Gasteiger charge is 2.38. The molecule has 1 aliphatic heterocycles. The quantitative estimate of drug-likeness (QED) is 0.589. The highest BCUT2D eigenvalue weighted by atomic mass is 32.2. The fourth-order valence-corrected chi connectivity index (χ4v) is 5.02. The lowest BCUT2D eigenvalue weighted by atomic mass is 10.1. The van der Waals surface area contributed by atoms with E-state index in [0.29, 0.717) is 31.8 Å². The number of hydrogen-bond donors (Lipinski definition) is 2. The van der Waals surface area contributed by atoms with Crippen LogP contribution in [0.4, 0.5) is 5.69 Å². The first-order valence-corrected chi connectivity index (χ1v) is 11.6. The van der Waals surface area contributed by atoms with Gasteiger partial charge in [-0.05, 0) is 43.5 Å². The highest BCUT2D eigenvalue weighted by molar-refractivity contribution is 7.89. The van der Waals surface area contributed by atoms with Crippen LogP contribution in [0, 0.1) is 5.92 Å². The zero-order chi connectivity index (χ0) is 20.9. The molecule has 2 fully saturated rings. The maximum Gasteiger partial charge on any atom is 0.240 e. The number of amides is 2. The van der Waals surface area contributed by atoms with Crippen molar-refractivity contribution in [3.05, 3.63) is 24.3 Å². The van der Waals surface area contributed by atoms with Crippen molar-refractivity contribution in [1.82, 2.24) is 9.62 Å². The lowest BCUT2D eigenvalue weighted by molar-refractivity contribution is -0.129. The smallest absolute Gasteiger partial charge is 0.240 e. The van der Waals surface area contributed by atoms with Crippen LogP contribution in [0.5, 0.6) is 0 Å². The highest BCUT2D eigenvalue weighted by Crippen LogP contribution is 2.30. The number of nitrogens with one attached hydrogen (secondary N) is 2. The van der Waals surface area contributed by atoms with Crippen LogP contribution in [-0.2, 0) is 24.3 Å². The van der Waals surface area contributed by atoms with Crippen LogP contribution in [0.15, 0.2) is 29.2 Å². The average molecular weight is 424 g/mol. The van der Waals surface area contributed by atoms with Gasteiger partial charge in [-0.2, -0.15) is 0 Å². The van der Waals surface area contributed by atoms with Gasteiger partial charge in [0.1, 0.15) is 0 Å². The molecule has 0 aromatic heterocycles. The van der Waals surface area contributed by atoms with Gasteiger partial charge in [-0.25, -0.2) is 13.1 Å². The van der Waals surface area contributed by atoms with E-state index in [1.807, 2.05) is 4.90 Å². The lowest BCUT2D eigenvalue weighted by Crippen LogP contribution is -2.35. The number of hydrogen-bond acceptors (Lipinski definition) is 5. The minimum atomic E-state index is -3.60. The third kappa shape index (κ3) is 5.55. The van der Waals surface area contributed by atoms with Crippen LogP contribution in [0.1, 0.15) is 38.5 Å². The normalized spacial score (nSPS) is 20.4. The SMILES string of the molecule is COCCCNS(=O)(=O)c1ccc(NC(=O)[C@H]2CC(=O)N(C3CCCC3)C2)cc1. The van der Waals surface area contributed by atoms with E-state index in [-0.39, 0.29) is 35.1 Å². The van der Waals surface area contributed by atoms with E-state index in [2.05, 4.69) is 10.0 Å². The van der Waals surface area contributed by atoms with Crippen molar-refractivity contribution >= 4 is 27.5 Å². The number of nitrogens with zero attached hydrogens (tertiary/aromatic N) is 1. The Bertz CT molecular complexity index is 819. The standard InChI is InChI=1S/C20H29N3O5S/c1-28-12-4-11-21-29(26,27)18-9-7-16(8-10-18)22-20(25)15-13-19(24)23(14-15)17-5-2-3-6-17/h7-10,15,17,21H,2-6,11-14H2,1H3,(H,22,25)/t15-/m0/s1. The Hall–Kier alpha value is -1.97. The minimum absolute atomic E-state index is 0.0537. The van der Waals surface area contributed by atoms with Gasteiger partial charge in [-0.3, -0.25) is 9.59 Å². The number of carbonyl (C=O) groups is 2. The molecule has 0 bridgehead atoms. The van der Waals surface area contributed by atoms with E-state index >= 15 is 0 Å². The number of likely N-dealkylation sites (tertiary alicyclic amines) is 1. The van der Waals surface area contributed by atoms with E-state index in [4.69, 9.17) is 4.74 Å². The Balaban J connectivity index is 1.54. The second-order valence-electron chi connectivity index (χ2n) is 7.64. The summed E-state index contributed by atoms with van der Waals surface area (Å²) >= 11 is 0. The van der Waals surface area contributed by atoms with Gasteiger partial charge in [0.05, 0.1) is 10.8 Å². The third-order valence-corrected chi connectivity index (χ3v) is 7.02. The van der Waals surface area contributed by atoms with Crippen molar-refractivity contribution in [2.45, 2.75) is 49.5 Å². The fourth-order valence-electron chi connectivity index (χ4n) is 3.94. The molecule has 0 radical (unpaired) electrons. The van der Waals surface area contributed by atoms with Gasteiger partial charge in [0.2, 0.25) is 21.8 Å². The molecular weight excluding hydrogens is 394 g/mol. The number of sulfonamides is 1. The van der Waals surface area contributed by atoms with Crippen molar-refractivity contribution in [2.24, 2.45) is 5.92 Å². The molecule has 3 rings (SSSR count). The van der Waals surface area contributed by atoms with Crippen LogP contribution in [0.25, 0.3) is 0 Å². The van der Waals surface area contributed by atoms with E-state index in [0.717, 1.165) is 25.7 Å². The molecule has 1 aliphatic carbocycles. The Morgan fingerprint density at radius 1 is 1.21 bits per heavy atom. The second kappa shape index (κ2) is 9.69. The second-order valence-corrected chi connectivity index (χ2v) is 9.41. The molecule has 1 aromatic rings. The van der Waals surface area contributed by atoms with Crippen molar-refractivity contribution in [1.29, 1.82) is 0 Å². The molecule has 2 amide bonds. The molecular formula is C20H29N3O5S. The Labute approximate surface area is 172 Å². The lowest BCUT2D eigenvalue weighted by Gasteiger charge is -2.23. The van der Waals surface area contributed by atoms with Crippen LogP contribution >= 0.6 is 0 Å². The molecule has 9 heteroatoms. The van der Waals surface area contributed by atoms with Gasteiger partial charge < -0.3 is 15.0 Å². The van der Waals surface area contributed by atoms with Crippen LogP contribution in [0.3, 0.4) is 0 Å². The largest absolute Gasteiger partial charge is 0.385 e. The Morgan fingerprint density at radius 3 is 2.55 bits per heavy atom. The van der Waals surface area contributed by atoms with E-state index in [9.17, 15) is 18.0 Å². The van der Waals surface area contributed by atoms with Gasteiger partial charge in [0.25, 0.3) is 0 Å². The number of methoxy groups -OCH3 is 1. The molecule has 0 spiro atoms. The molecule has 1 aromatic carbocycles. The summed E-state index contributed by atoms with van der Waals surface area (Å²) in [4.78, 5) is 26.8. The van der Waals surface area contributed by atoms with Crippen LogP contribution in [0.2, 0.25) is 0 Å². The first-order valence-electron chi connectivity index (χ1n) is 10.1. The molecule has 0 unspecified atom stereocenters. The molecule has 160 valence electrons. The van der Waals surface area contributed by atoms with E-state index < -0.39 is 10.0 Å². The first kappa shape index (κ1) is 21.7. The number of ether oxygens (including phenoxy) is 1. The van der Waals surface area contributed by atoms with Gasteiger partial charge in [0.15, 0.2) is 0 Å². The molecule has 29 heavy (non-hydrogen) atoms. The molecule has 1 atom stereocenters. The predicted molar refractivity (Wildman–Crippen MR) is 109 cm³/mol.